The number of rotatable bonds is 9. The number of unbranched alkanes of at least 4 members (excludes halogenated alkanes) is 1. The number of fused-ring (bicyclic) bond motifs is 3. The topological polar surface area (TPSA) is 95.9 Å². The van der Waals surface area contributed by atoms with Gasteiger partial charge in [0.15, 0.2) is 0 Å². The summed E-state index contributed by atoms with van der Waals surface area (Å²) >= 11 is 0. The zero-order valence-corrected chi connectivity index (χ0v) is 19.5. The van der Waals surface area contributed by atoms with Gasteiger partial charge in [0.1, 0.15) is 12.6 Å². The molecule has 1 heterocycles. The van der Waals surface area contributed by atoms with Crippen molar-refractivity contribution in [3.05, 3.63) is 59.7 Å². The average molecular weight is 465 g/mol. The fraction of sp³-hybridized carbons (Fsp3) is 0.444. The van der Waals surface area contributed by atoms with E-state index in [1.165, 1.54) is 4.90 Å². The number of benzene rings is 2. The monoisotopic (exact) mass is 464 g/mol. The van der Waals surface area contributed by atoms with Crippen LogP contribution in [0, 0.1) is 0 Å². The van der Waals surface area contributed by atoms with Crippen LogP contribution in [0.25, 0.3) is 11.1 Å². The zero-order valence-electron chi connectivity index (χ0n) is 19.5. The summed E-state index contributed by atoms with van der Waals surface area (Å²) in [6.07, 6.45) is 3.10. The third-order valence-electron chi connectivity index (χ3n) is 6.85. The van der Waals surface area contributed by atoms with Gasteiger partial charge < -0.3 is 20.1 Å². The van der Waals surface area contributed by atoms with Crippen molar-refractivity contribution in [3.63, 3.8) is 0 Å². The molecule has 7 heteroatoms. The largest absolute Gasteiger partial charge is 0.480 e. The van der Waals surface area contributed by atoms with Crippen LogP contribution in [0.3, 0.4) is 0 Å². The number of hydrogen-bond acceptors (Lipinski definition) is 4. The highest BCUT2D eigenvalue weighted by Crippen LogP contribution is 2.44. The first-order chi connectivity index (χ1) is 16.5. The first-order valence-corrected chi connectivity index (χ1v) is 12.1. The van der Waals surface area contributed by atoms with Crippen LogP contribution in [0.2, 0.25) is 0 Å². The summed E-state index contributed by atoms with van der Waals surface area (Å²) in [5.74, 6) is -1.24. The van der Waals surface area contributed by atoms with Crippen molar-refractivity contribution in [2.75, 3.05) is 13.2 Å². The molecule has 0 aromatic heterocycles. The van der Waals surface area contributed by atoms with Crippen LogP contribution >= 0.6 is 0 Å². The van der Waals surface area contributed by atoms with Gasteiger partial charge in [-0.1, -0.05) is 68.3 Å². The number of nitrogens with zero attached hydrogens (tertiary/aromatic N) is 1. The number of ether oxygens (including phenoxy) is 1. The smallest absolute Gasteiger partial charge is 0.407 e. The first-order valence-electron chi connectivity index (χ1n) is 12.1. The van der Waals surface area contributed by atoms with Gasteiger partial charge in [0.05, 0.1) is 0 Å². The van der Waals surface area contributed by atoms with E-state index in [1.54, 1.807) is 0 Å². The second kappa shape index (κ2) is 10.7. The second-order valence-electron chi connectivity index (χ2n) is 9.10. The maximum Gasteiger partial charge on any atom is 0.407 e. The maximum atomic E-state index is 12.8. The Bertz CT molecular complexity index is 1010. The van der Waals surface area contributed by atoms with Gasteiger partial charge in [0.2, 0.25) is 5.91 Å². The van der Waals surface area contributed by atoms with Gasteiger partial charge in [-0.2, -0.15) is 0 Å². The molecule has 2 N–H and O–H groups in total. The number of aliphatic carboxylic acids is 1. The molecule has 1 fully saturated rings. The Morgan fingerprint density at radius 2 is 1.74 bits per heavy atom. The Balaban J connectivity index is 1.38. The molecule has 34 heavy (non-hydrogen) atoms. The highest BCUT2D eigenvalue weighted by atomic mass is 16.5. The van der Waals surface area contributed by atoms with E-state index >= 15 is 0 Å². The SMILES string of the molecule is CCCCC(CC(=O)N1CCC[C@@H]1C(=O)O)NC(=O)OCC1c2ccccc2-c2ccccc21. The Hall–Kier alpha value is -3.35. The van der Waals surface area contributed by atoms with Crippen LogP contribution in [-0.4, -0.2) is 53.2 Å². The van der Waals surface area contributed by atoms with E-state index in [4.69, 9.17) is 4.74 Å². The van der Waals surface area contributed by atoms with E-state index in [0.717, 1.165) is 35.1 Å². The zero-order chi connectivity index (χ0) is 24.1. The quantitative estimate of drug-likeness (QED) is 0.568. The normalized spacial score (nSPS) is 17.7. The van der Waals surface area contributed by atoms with E-state index in [0.29, 0.717) is 25.8 Å². The molecule has 7 nitrogen and oxygen atoms in total. The molecular weight excluding hydrogens is 432 g/mol. The van der Waals surface area contributed by atoms with Crippen molar-refractivity contribution in [2.45, 2.75) is 63.5 Å². The number of carbonyl (C=O) groups excluding carboxylic acids is 2. The third-order valence-corrected chi connectivity index (χ3v) is 6.85. The molecule has 2 aromatic carbocycles. The molecule has 2 aliphatic rings. The van der Waals surface area contributed by atoms with Crippen molar-refractivity contribution >= 4 is 18.0 Å². The predicted octanol–water partition coefficient (Wildman–Crippen LogP) is 4.55. The molecular formula is C27H32N2O5. The fourth-order valence-electron chi connectivity index (χ4n) is 5.13. The van der Waals surface area contributed by atoms with Gasteiger partial charge in [-0.25, -0.2) is 9.59 Å². The maximum absolute atomic E-state index is 12.8. The Labute approximate surface area is 200 Å². The van der Waals surface area contributed by atoms with Crippen LogP contribution in [0.4, 0.5) is 4.79 Å². The molecule has 4 rings (SSSR count). The fourth-order valence-corrected chi connectivity index (χ4v) is 5.13. The molecule has 2 atom stereocenters. The number of carboxylic acid groups (broad SMARTS) is 1. The minimum Gasteiger partial charge on any atom is -0.480 e. The Kier molecular flexibility index (Phi) is 7.50. The molecule has 0 radical (unpaired) electrons. The van der Waals surface area contributed by atoms with Gasteiger partial charge >= 0.3 is 12.1 Å². The standard InChI is InChI=1S/C27H32N2O5/c1-2-3-9-18(16-25(30)29-15-8-14-24(29)26(31)32)28-27(33)34-17-23-21-12-6-4-10-19(21)20-11-5-7-13-22(20)23/h4-7,10-13,18,23-24H,2-3,8-9,14-17H2,1H3,(H,28,33)(H,31,32)/t18?,24-/m1/s1. The van der Waals surface area contributed by atoms with Gasteiger partial charge in [-0.3, -0.25) is 4.79 Å². The van der Waals surface area contributed by atoms with Crippen molar-refractivity contribution in [2.24, 2.45) is 0 Å². The van der Waals surface area contributed by atoms with E-state index in [1.807, 2.05) is 31.2 Å². The van der Waals surface area contributed by atoms with Crippen LogP contribution < -0.4 is 5.32 Å². The minimum atomic E-state index is -0.972. The van der Waals surface area contributed by atoms with Gasteiger partial charge in [-0.15, -0.1) is 0 Å². The van der Waals surface area contributed by atoms with E-state index in [9.17, 15) is 19.5 Å². The van der Waals surface area contributed by atoms with Crippen LogP contribution in [0.5, 0.6) is 0 Å². The van der Waals surface area contributed by atoms with Crippen molar-refractivity contribution < 1.29 is 24.2 Å². The Morgan fingerprint density at radius 3 is 2.35 bits per heavy atom. The summed E-state index contributed by atoms with van der Waals surface area (Å²) in [7, 11) is 0. The summed E-state index contributed by atoms with van der Waals surface area (Å²) in [4.78, 5) is 38.4. The molecule has 1 saturated heterocycles. The second-order valence-corrected chi connectivity index (χ2v) is 9.10. The van der Waals surface area contributed by atoms with Crippen LogP contribution in [-0.2, 0) is 14.3 Å². The van der Waals surface area contributed by atoms with Crippen molar-refractivity contribution in [1.29, 1.82) is 0 Å². The predicted molar refractivity (Wildman–Crippen MR) is 129 cm³/mol. The highest BCUT2D eigenvalue weighted by Gasteiger charge is 2.35. The van der Waals surface area contributed by atoms with Crippen molar-refractivity contribution in [3.8, 4) is 11.1 Å². The third kappa shape index (κ3) is 5.08. The first kappa shape index (κ1) is 23.8. The number of nitrogens with one attached hydrogen (secondary N) is 1. The number of alkyl carbamates (subject to hydrolysis) is 1. The van der Waals surface area contributed by atoms with E-state index in [-0.39, 0.29) is 24.9 Å². The lowest BCUT2D eigenvalue weighted by atomic mass is 9.98. The molecule has 1 unspecified atom stereocenters. The van der Waals surface area contributed by atoms with Gasteiger partial charge in [-0.05, 0) is 41.5 Å². The van der Waals surface area contributed by atoms with Gasteiger partial charge in [0, 0.05) is 24.9 Å². The molecule has 1 aliphatic carbocycles. The van der Waals surface area contributed by atoms with Crippen LogP contribution in [0.15, 0.2) is 48.5 Å². The molecule has 0 bridgehead atoms. The number of carbonyl (C=O) groups is 3. The minimum absolute atomic E-state index is 0.0326. The lowest BCUT2D eigenvalue weighted by molar-refractivity contribution is -0.148. The molecule has 0 saturated carbocycles. The summed E-state index contributed by atoms with van der Waals surface area (Å²) < 4.78 is 5.65. The average Bonchev–Trinajstić information content (AvgIpc) is 3.45. The van der Waals surface area contributed by atoms with E-state index in [2.05, 4.69) is 29.6 Å². The van der Waals surface area contributed by atoms with Gasteiger partial charge in [0.25, 0.3) is 0 Å². The number of hydrogen-bond donors (Lipinski definition) is 2. The summed E-state index contributed by atoms with van der Waals surface area (Å²) in [6.45, 7) is 2.70. The van der Waals surface area contributed by atoms with E-state index < -0.39 is 24.1 Å². The number of amides is 2. The molecule has 180 valence electrons. The summed E-state index contributed by atoms with van der Waals surface area (Å²) in [5.41, 5.74) is 4.61. The summed E-state index contributed by atoms with van der Waals surface area (Å²) in [6, 6.07) is 15.2. The number of likely N-dealkylation sites (tertiary alicyclic amines) is 1. The molecule has 2 aromatic rings. The lowest BCUT2D eigenvalue weighted by Crippen LogP contribution is -2.45. The molecule has 1 aliphatic heterocycles. The lowest BCUT2D eigenvalue weighted by Gasteiger charge is -2.25. The van der Waals surface area contributed by atoms with Crippen LogP contribution in [0.1, 0.15) is 62.5 Å². The molecule has 0 spiro atoms. The summed E-state index contributed by atoms with van der Waals surface area (Å²) in [5, 5.41) is 12.2. The number of carboxylic acids is 1. The molecule has 2 amide bonds. The Morgan fingerprint density at radius 1 is 1.09 bits per heavy atom. The van der Waals surface area contributed by atoms with Crippen molar-refractivity contribution in [1.82, 2.24) is 10.2 Å². The highest BCUT2D eigenvalue weighted by molar-refractivity contribution is 5.85.